The van der Waals surface area contributed by atoms with Gasteiger partial charge in [-0.15, -0.1) is 0 Å². The SMILES string of the molecule is COc1ccc(C2(c3c(C)cc(C)cc3C)c3ccccc3Sc3ccccc32)cc1. The van der Waals surface area contributed by atoms with Gasteiger partial charge in [-0.05, 0) is 78.4 Å². The lowest BCUT2D eigenvalue weighted by Crippen LogP contribution is -2.35. The number of rotatable bonds is 3. The number of benzene rings is 4. The van der Waals surface area contributed by atoms with E-state index in [-0.39, 0.29) is 5.41 Å². The van der Waals surface area contributed by atoms with Crippen LogP contribution in [0.4, 0.5) is 0 Å². The normalized spacial score (nSPS) is 13.9. The first-order valence-electron chi connectivity index (χ1n) is 10.7. The summed E-state index contributed by atoms with van der Waals surface area (Å²) in [5.41, 5.74) is 8.90. The second-order valence-corrected chi connectivity index (χ2v) is 9.43. The van der Waals surface area contributed by atoms with Gasteiger partial charge in [-0.2, -0.15) is 0 Å². The molecule has 5 rings (SSSR count). The second-order valence-electron chi connectivity index (χ2n) is 8.35. The van der Waals surface area contributed by atoms with Gasteiger partial charge in [-0.3, -0.25) is 0 Å². The van der Waals surface area contributed by atoms with Gasteiger partial charge in [0.05, 0.1) is 12.5 Å². The van der Waals surface area contributed by atoms with E-state index in [1.54, 1.807) is 7.11 Å². The standard InChI is InChI=1S/C29H26OS/c1-19-17-20(2)28(21(3)18-19)29(22-13-15-23(30-4)16-14-22)24-9-5-7-11-26(24)31-27-12-8-6-10-25(27)29/h5-18H,1-4H3. The minimum atomic E-state index is -0.382. The quantitative estimate of drug-likeness (QED) is 0.298. The zero-order valence-corrected chi connectivity index (χ0v) is 19.2. The van der Waals surface area contributed by atoms with Crippen LogP contribution in [0.5, 0.6) is 5.75 Å². The Balaban J connectivity index is 1.98. The van der Waals surface area contributed by atoms with Crippen LogP contribution in [0, 0.1) is 20.8 Å². The van der Waals surface area contributed by atoms with Gasteiger partial charge in [-0.25, -0.2) is 0 Å². The molecule has 31 heavy (non-hydrogen) atoms. The van der Waals surface area contributed by atoms with Gasteiger partial charge in [0.25, 0.3) is 0 Å². The molecule has 1 aliphatic heterocycles. The molecule has 0 atom stereocenters. The van der Waals surface area contributed by atoms with Crippen LogP contribution >= 0.6 is 11.8 Å². The van der Waals surface area contributed by atoms with Crippen molar-refractivity contribution in [2.45, 2.75) is 36.0 Å². The number of methoxy groups -OCH3 is 1. The summed E-state index contributed by atoms with van der Waals surface area (Å²) in [7, 11) is 1.72. The molecule has 4 aromatic rings. The summed E-state index contributed by atoms with van der Waals surface area (Å²) < 4.78 is 5.49. The van der Waals surface area contributed by atoms with E-state index < -0.39 is 0 Å². The van der Waals surface area contributed by atoms with Crippen molar-refractivity contribution < 1.29 is 4.74 Å². The van der Waals surface area contributed by atoms with Gasteiger partial charge in [0.2, 0.25) is 0 Å². The van der Waals surface area contributed by atoms with Gasteiger partial charge in [0.1, 0.15) is 5.75 Å². The zero-order chi connectivity index (χ0) is 21.6. The number of hydrogen-bond donors (Lipinski definition) is 0. The highest BCUT2D eigenvalue weighted by molar-refractivity contribution is 7.99. The van der Waals surface area contributed by atoms with Crippen molar-refractivity contribution in [2.75, 3.05) is 7.11 Å². The molecular weight excluding hydrogens is 396 g/mol. The third-order valence-corrected chi connectivity index (χ3v) is 7.53. The molecule has 4 aromatic carbocycles. The first-order valence-corrected chi connectivity index (χ1v) is 11.5. The van der Waals surface area contributed by atoms with Gasteiger partial charge < -0.3 is 4.74 Å². The van der Waals surface area contributed by atoms with Crippen LogP contribution in [0.25, 0.3) is 0 Å². The maximum absolute atomic E-state index is 5.49. The lowest BCUT2D eigenvalue weighted by Gasteiger charge is -2.43. The Hall–Kier alpha value is -2.97. The van der Waals surface area contributed by atoms with E-state index in [2.05, 4.69) is 106 Å². The zero-order valence-electron chi connectivity index (χ0n) is 18.4. The summed E-state index contributed by atoms with van der Waals surface area (Å²) in [6.45, 7) is 6.70. The Kier molecular flexibility index (Phi) is 4.91. The fourth-order valence-corrected chi connectivity index (χ4v) is 6.52. The van der Waals surface area contributed by atoms with Crippen LogP contribution in [0.2, 0.25) is 0 Å². The van der Waals surface area contributed by atoms with E-state index >= 15 is 0 Å². The van der Waals surface area contributed by atoms with Crippen molar-refractivity contribution in [3.05, 3.63) is 124 Å². The lowest BCUT2D eigenvalue weighted by atomic mass is 9.62. The van der Waals surface area contributed by atoms with Crippen LogP contribution in [0.15, 0.2) is 94.7 Å². The highest BCUT2D eigenvalue weighted by atomic mass is 32.2. The molecule has 0 aromatic heterocycles. The molecule has 0 bridgehead atoms. The van der Waals surface area contributed by atoms with Crippen molar-refractivity contribution in [2.24, 2.45) is 0 Å². The first kappa shape index (κ1) is 20.0. The summed E-state index contributed by atoms with van der Waals surface area (Å²) in [5, 5.41) is 0. The predicted octanol–water partition coefficient (Wildman–Crippen LogP) is 7.47. The smallest absolute Gasteiger partial charge is 0.118 e. The maximum Gasteiger partial charge on any atom is 0.118 e. The molecule has 1 aliphatic rings. The highest BCUT2D eigenvalue weighted by Gasteiger charge is 2.45. The summed E-state index contributed by atoms with van der Waals surface area (Å²) in [6, 6.07) is 31.0. The van der Waals surface area contributed by atoms with E-state index in [1.165, 1.54) is 48.7 Å². The topological polar surface area (TPSA) is 9.23 Å². The monoisotopic (exact) mass is 422 g/mol. The van der Waals surface area contributed by atoms with Crippen molar-refractivity contribution in [1.29, 1.82) is 0 Å². The molecule has 1 nitrogen and oxygen atoms in total. The fourth-order valence-electron chi connectivity index (χ4n) is 5.33. The summed E-state index contributed by atoms with van der Waals surface area (Å²) >= 11 is 1.87. The number of ether oxygens (including phenoxy) is 1. The molecule has 1 heterocycles. The van der Waals surface area contributed by atoms with Crippen LogP contribution in [0.1, 0.15) is 38.9 Å². The van der Waals surface area contributed by atoms with Crippen molar-refractivity contribution in [1.82, 2.24) is 0 Å². The summed E-state index contributed by atoms with van der Waals surface area (Å²) in [4.78, 5) is 2.63. The van der Waals surface area contributed by atoms with E-state index in [1.807, 2.05) is 11.8 Å². The van der Waals surface area contributed by atoms with E-state index in [0.717, 1.165) is 5.75 Å². The molecular formula is C29H26OS. The lowest BCUT2D eigenvalue weighted by molar-refractivity contribution is 0.414. The first-order chi connectivity index (χ1) is 15.1. The van der Waals surface area contributed by atoms with Gasteiger partial charge in [-0.1, -0.05) is 78.0 Å². The highest BCUT2D eigenvalue weighted by Crippen LogP contribution is 2.56. The Morgan fingerprint density at radius 1 is 0.677 bits per heavy atom. The molecule has 0 amide bonds. The van der Waals surface area contributed by atoms with E-state index in [0.29, 0.717) is 0 Å². The van der Waals surface area contributed by atoms with Crippen molar-refractivity contribution in [3.8, 4) is 5.75 Å². The molecule has 0 unspecified atom stereocenters. The van der Waals surface area contributed by atoms with Gasteiger partial charge in [0, 0.05) is 9.79 Å². The molecule has 0 N–H and O–H groups in total. The molecule has 0 spiro atoms. The molecule has 0 radical (unpaired) electrons. The predicted molar refractivity (Wildman–Crippen MR) is 130 cm³/mol. The third-order valence-electron chi connectivity index (χ3n) is 6.38. The van der Waals surface area contributed by atoms with Crippen LogP contribution in [-0.2, 0) is 5.41 Å². The molecule has 0 saturated heterocycles. The molecule has 0 aliphatic carbocycles. The maximum atomic E-state index is 5.49. The number of aryl methyl sites for hydroxylation is 3. The van der Waals surface area contributed by atoms with Crippen molar-refractivity contribution in [3.63, 3.8) is 0 Å². The van der Waals surface area contributed by atoms with E-state index in [9.17, 15) is 0 Å². The summed E-state index contributed by atoms with van der Waals surface area (Å²) in [5.74, 6) is 0.878. The fraction of sp³-hybridized carbons (Fsp3) is 0.172. The Morgan fingerprint density at radius 2 is 1.19 bits per heavy atom. The molecule has 2 heteroatoms. The number of fused-ring (bicyclic) bond motifs is 2. The van der Waals surface area contributed by atoms with Crippen LogP contribution in [-0.4, -0.2) is 7.11 Å². The Labute approximate surface area is 189 Å². The molecule has 0 fully saturated rings. The Morgan fingerprint density at radius 3 is 1.71 bits per heavy atom. The average molecular weight is 423 g/mol. The van der Waals surface area contributed by atoms with E-state index in [4.69, 9.17) is 4.74 Å². The molecule has 154 valence electrons. The Bertz CT molecular complexity index is 1200. The minimum absolute atomic E-state index is 0.382. The molecule has 0 saturated carbocycles. The average Bonchev–Trinajstić information content (AvgIpc) is 2.78. The van der Waals surface area contributed by atoms with Gasteiger partial charge in [0.15, 0.2) is 0 Å². The van der Waals surface area contributed by atoms with Crippen LogP contribution in [0.3, 0.4) is 0 Å². The third kappa shape index (κ3) is 3.01. The van der Waals surface area contributed by atoms with Crippen LogP contribution < -0.4 is 4.74 Å². The largest absolute Gasteiger partial charge is 0.497 e. The van der Waals surface area contributed by atoms with Gasteiger partial charge >= 0.3 is 0 Å². The summed E-state index contributed by atoms with van der Waals surface area (Å²) in [6.07, 6.45) is 0. The minimum Gasteiger partial charge on any atom is -0.497 e. The number of hydrogen-bond acceptors (Lipinski definition) is 2. The second kappa shape index (κ2) is 7.62. The van der Waals surface area contributed by atoms with Crippen molar-refractivity contribution >= 4 is 11.8 Å².